The van der Waals surface area contributed by atoms with Gasteiger partial charge in [-0.3, -0.25) is 14.9 Å². The lowest BCUT2D eigenvalue weighted by Gasteiger charge is -2.20. The smallest absolute Gasteiger partial charge is 0.271 e. The number of carbonyl (C=O) groups excluding carboxylic acids is 1. The number of benzene rings is 2. The quantitative estimate of drug-likeness (QED) is 0.620. The Balaban J connectivity index is 1.69. The number of nitrogens with one attached hydrogen (secondary N) is 1. The number of non-ortho nitro benzene ring substituents is 1. The summed E-state index contributed by atoms with van der Waals surface area (Å²) in [6, 6.07) is 11.9. The lowest BCUT2D eigenvalue weighted by molar-refractivity contribution is -0.384. The maximum Gasteiger partial charge on any atom is 0.271 e. The number of hydrogen-bond donors (Lipinski definition) is 1. The van der Waals surface area contributed by atoms with Gasteiger partial charge in [-0.1, -0.05) is 19.1 Å². The van der Waals surface area contributed by atoms with Crippen LogP contribution in [0.1, 0.15) is 37.3 Å². The van der Waals surface area contributed by atoms with Gasteiger partial charge in [0, 0.05) is 17.8 Å². The molecule has 6 nitrogen and oxygen atoms in total. The molecule has 0 aromatic heterocycles. The van der Waals surface area contributed by atoms with Crippen molar-refractivity contribution in [1.29, 1.82) is 0 Å². The van der Waals surface area contributed by atoms with E-state index in [-0.39, 0.29) is 11.6 Å². The number of nitro benzene ring substituents is 1. The number of rotatable bonds is 6. The van der Waals surface area contributed by atoms with Crippen LogP contribution in [-0.4, -0.2) is 16.9 Å². The summed E-state index contributed by atoms with van der Waals surface area (Å²) in [7, 11) is 0. The highest BCUT2D eigenvalue weighted by atomic mass is 16.6. The topological polar surface area (TPSA) is 81.5 Å². The first kappa shape index (κ1) is 17.9. The van der Waals surface area contributed by atoms with E-state index in [1.807, 2.05) is 19.1 Å². The maximum atomic E-state index is 12.5. The zero-order valence-electron chi connectivity index (χ0n) is 14.7. The fraction of sp³-hybridized carbons (Fsp3) is 0.350. The van der Waals surface area contributed by atoms with Gasteiger partial charge in [-0.25, -0.2) is 0 Å². The van der Waals surface area contributed by atoms with Crippen LogP contribution in [0, 0.1) is 10.1 Å². The lowest BCUT2D eigenvalue weighted by atomic mass is 9.92. The Kier molecular flexibility index (Phi) is 5.51. The number of nitro groups is 1. The molecule has 136 valence electrons. The van der Waals surface area contributed by atoms with Gasteiger partial charge >= 0.3 is 0 Å². The molecule has 2 aromatic carbocycles. The number of anilines is 1. The van der Waals surface area contributed by atoms with Gasteiger partial charge < -0.3 is 10.1 Å². The molecule has 6 heteroatoms. The fourth-order valence-electron chi connectivity index (χ4n) is 3.19. The first-order valence-corrected chi connectivity index (χ1v) is 8.90. The molecule has 26 heavy (non-hydrogen) atoms. The Hall–Kier alpha value is -2.89. The summed E-state index contributed by atoms with van der Waals surface area (Å²) >= 11 is 0. The normalized spacial score (nSPS) is 14.2. The molecule has 1 aliphatic rings. The summed E-state index contributed by atoms with van der Waals surface area (Å²) in [5, 5.41) is 13.6. The first-order chi connectivity index (χ1) is 12.6. The van der Waals surface area contributed by atoms with Crippen molar-refractivity contribution in [2.45, 2.75) is 45.1 Å². The van der Waals surface area contributed by atoms with Gasteiger partial charge in [0.15, 0.2) is 6.10 Å². The van der Waals surface area contributed by atoms with Crippen LogP contribution >= 0.6 is 0 Å². The largest absolute Gasteiger partial charge is 0.481 e. The second kappa shape index (κ2) is 7.99. The van der Waals surface area contributed by atoms with E-state index in [1.54, 1.807) is 12.1 Å². The van der Waals surface area contributed by atoms with Crippen LogP contribution in [0.5, 0.6) is 5.75 Å². The van der Waals surface area contributed by atoms with Crippen molar-refractivity contribution in [3.05, 3.63) is 63.7 Å². The van der Waals surface area contributed by atoms with Crippen molar-refractivity contribution < 1.29 is 14.5 Å². The molecule has 3 rings (SSSR count). The Bertz CT molecular complexity index is 819. The van der Waals surface area contributed by atoms with Crippen molar-refractivity contribution in [2.75, 3.05) is 5.32 Å². The molecule has 0 fully saturated rings. The average Bonchev–Trinajstić information content (AvgIpc) is 2.66. The minimum Gasteiger partial charge on any atom is -0.481 e. The number of carbonyl (C=O) groups is 1. The zero-order valence-corrected chi connectivity index (χ0v) is 14.7. The summed E-state index contributed by atoms with van der Waals surface area (Å²) in [6.45, 7) is 1.87. The molecule has 1 amide bonds. The van der Waals surface area contributed by atoms with E-state index in [4.69, 9.17) is 4.74 Å². The molecule has 0 saturated heterocycles. The Morgan fingerprint density at radius 2 is 1.96 bits per heavy atom. The van der Waals surface area contributed by atoms with E-state index in [9.17, 15) is 14.9 Å². The summed E-state index contributed by atoms with van der Waals surface area (Å²) in [5.74, 6) is 0.373. The number of ether oxygens (including phenoxy) is 1. The van der Waals surface area contributed by atoms with Gasteiger partial charge in [0.25, 0.3) is 11.6 Å². The second-order valence-electron chi connectivity index (χ2n) is 6.45. The van der Waals surface area contributed by atoms with Gasteiger partial charge in [-0.15, -0.1) is 0 Å². The van der Waals surface area contributed by atoms with Crippen LogP contribution in [0.15, 0.2) is 42.5 Å². The van der Waals surface area contributed by atoms with E-state index in [1.165, 1.54) is 36.1 Å². The highest BCUT2D eigenvalue weighted by Crippen LogP contribution is 2.26. The minimum atomic E-state index is -0.657. The van der Waals surface area contributed by atoms with Crippen molar-refractivity contribution in [3.63, 3.8) is 0 Å². The van der Waals surface area contributed by atoms with Crippen LogP contribution < -0.4 is 10.1 Å². The van der Waals surface area contributed by atoms with Gasteiger partial charge in [-0.05, 0) is 61.4 Å². The van der Waals surface area contributed by atoms with Gasteiger partial charge in [0.2, 0.25) is 0 Å². The number of aryl methyl sites for hydroxylation is 2. The van der Waals surface area contributed by atoms with E-state index in [0.717, 1.165) is 12.8 Å². The molecule has 0 heterocycles. The molecule has 2 aromatic rings. The first-order valence-electron chi connectivity index (χ1n) is 8.90. The number of amides is 1. The second-order valence-corrected chi connectivity index (χ2v) is 6.45. The molecule has 0 spiro atoms. The van der Waals surface area contributed by atoms with E-state index >= 15 is 0 Å². The number of hydrogen-bond acceptors (Lipinski definition) is 4. The van der Waals surface area contributed by atoms with E-state index in [2.05, 4.69) is 11.4 Å². The molecule has 1 atom stereocenters. The van der Waals surface area contributed by atoms with Crippen LogP contribution in [0.4, 0.5) is 11.4 Å². The monoisotopic (exact) mass is 354 g/mol. The third-order valence-corrected chi connectivity index (χ3v) is 4.59. The summed E-state index contributed by atoms with van der Waals surface area (Å²) < 4.78 is 5.90. The fourth-order valence-corrected chi connectivity index (χ4v) is 3.19. The third-order valence-electron chi connectivity index (χ3n) is 4.59. The standard InChI is InChI=1S/C20H22N2O4/c1-2-19(20(23)21-16-8-5-9-17(13-16)22(24)25)26-18-11-10-14-6-3-4-7-15(14)12-18/h5,8-13,19H,2-4,6-7H2,1H3,(H,21,23)/t19-/m0/s1. The molecule has 1 aliphatic carbocycles. The van der Waals surface area contributed by atoms with Crippen LogP contribution in [-0.2, 0) is 17.6 Å². The molecule has 0 bridgehead atoms. The molecular weight excluding hydrogens is 332 g/mol. The minimum absolute atomic E-state index is 0.0635. The Morgan fingerprint density at radius 1 is 1.19 bits per heavy atom. The average molecular weight is 354 g/mol. The van der Waals surface area contributed by atoms with E-state index in [0.29, 0.717) is 17.9 Å². The van der Waals surface area contributed by atoms with Crippen molar-refractivity contribution in [3.8, 4) is 5.75 Å². The summed E-state index contributed by atoms with van der Waals surface area (Å²) in [5.41, 5.74) is 2.98. The van der Waals surface area contributed by atoms with E-state index < -0.39 is 11.0 Å². The van der Waals surface area contributed by atoms with Crippen LogP contribution in [0.2, 0.25) is 0 Å². The Labute approximate surface area is 152 Å². The summed E-state index contributed by atoms with van der Waals surface area (Å²) in [6.07, 6.45) is 4.38. The van der Waals surface area contributed by atoms with Crippen LogP contribution in [0.25, 0.3) is 0 Å². The molecular formula is C20H22N2O4. The summed E-state index contributed by atoms with van der Waals surface area (Å²) in [4.78, 5) is 22.9. The predicted molar refractivity (Wildman–Crippen MR) is 99.5 cm³/mol. The Morgan fingerprint density at radius 3 is 2.69 bits per heavy atom. The molecule has 0 unspecified atom stereocenters. The molecule has 1 N–H and O–H groups in total. The van der Waals surface area contributed by atoms with Gasteiger partial charge in [-0.2, -0.15) is 0 Å². The van der Waals surface area contributed by atoms with Gasteiger partial charge in [0.05, 0.1) is 4.92 Å². The predicted octanol–water partition coefficient (Wildman–Crippen LogP) is 4.27. The highest BCUT2D eigenvalue weighted by Gasteiger charge is 2.20. The van der Waals surface area contributed by atoms with Gasteiger partial charge in [0.1, 0.15) is 5.75 Å². The van der Waals surface area contributed by atoms with Crippen molar-refractivity contribution in [2.24, 2.45) is 0 Å². The SMILES string of the molecule is CC[C@H](Oc1ccc2c(c1)CCCC2)C(=O)Nc1cccc([N+](=O)[O-])c1. The third kappa shape index (κ3) is 4.20. The maximum absolute atomic E-state index is 12.5. The molecule has 0 aliphatic heterocycles. The molecule has 0 radical (unpaired) electrons. The highest BCUT2D eigenvalue weighted by molar-refractivity contribution is 5.94. The van der Waals surface area contributed by atoms with Crippen LogP contribution in [0.3, 0.4) is 0 Å². The number of nitrogens with zero attached hydrogens (tertiary/aromatic N) is 1. The molecule has 0 saturated carbocycles. The lowest BCUT2D eigenvalue weighted by Crippen LogP contribution is -2.32. The number of fused-ring (bicyclic) bond motifs is 1. The zero-order chi connectivity index (χ0) is 18.5. The van der Waals surface area contributed by atoms with Crippen molar-refractivity contribution >= 4 is 17.3 Å². The van der Waals surface area contributed by atoms with Crippen molar-refractivity contribution in [1.82, 2.24) is 0 Å².